The van der Waals surface area contributed by atoms with Gasteiger partial charge in [0.05, 0.1) is 17.3 Å². The van der Waals surface area contributed by atoms with Gasteiger partial charge in [-0.05, 0) is 53.2 Å². The Balaban J connectivity index is 2.37. The molecule has 2 aromatic rings. The lowest BCUT2D eigenvalue weighted by atomic mass is 10.2. The molecular formula is C13H9BrClN3. The van der Waals surface area contributed by atoms with Crippen LogP contribution in [0, 0.1) is 18.3 Å². The van der Waals surface area contributed by atoms with Crippen LogP contribution in [0.5, 0.6) is 0 Å². The summed E-state index contributed by atoms with van der Waals surface area (Å²) in [6.45, 7) is 1.85. The van der Waals surface area contributed by atoms with Crippen LogP contribution in [-0.4, -0.2) is 4.98 Å². The van der Waals surface area contributed by atoms with Crippen molar-refractivity contribution in [2.24, 2.45) is 0 Å². The van der Waals surface area contributed by atoms with E-state index in [1.807, 2.05) is 13.0 Å². The zero-order valence-corrected chi connectivity index (χ0v) is 11.9. The molecule has 0 bridgehead atoms. The second-order valence-corrected chi connectivity index (χ2v) is 5.03. The average molecular weight is 323 g/mol. The Morgan fingerprint density at radius 2 is 2.11 bits per heavy atom. The van der Waals surface area contributed by atoms with Gasteiger partial charge in [0.2, 0.25) is 0 Å². The van der Waals surface area contributed by atoms with Crippen molar-refractivity contribution in [2.75, 3.05) is 5.32 Å². The van der Waals surface area contributed by atoms with E-state index in [0.29, 0.717) is 16.4 Å². The summed E-state index contributed by atoms with van der Waals surface area (Å²) in [5.74, 6) is 0.620. The highest BCUT2D eigenvalue weighted by Crippen LogP contribution is 2.28. The first-order valence-corrected chi connectivity index (χ1v) is 6.36. The molecule has 0 unspecified atom stereocenters. The van der Waals surface area contributed by atoms with Crippen LogP contribution in [0.3, 0.4) is 0 Å². The third-order valence-electron chi connectivity index (χ3n) is 2.27. The SMILES string of the molecule is Cc1cc(C#N)cc(Nc2cc(Cl)ccc2Br)n1. The van der Waals surface area contributed by atoms with Crippen LogP contribution in [0.2, 0.25) is 5.02 Å². The number of nitrogens with one attached hydrogen (secondary N) is 1. The minimum absolute atomic E-state index is 0.572. The second kappa shape index (κ2) is 5.38. The summed E-state index contributed by atoms with van der Waals surface area (Å²) in [4.78, 5) is 4.32. The molecule has 0 amide bonds. The summed E-state index contributed by atoms with van der Waals surface area (Å²) in [7, 11) is 0. The van der Waals surface area contributed by atoms with Gasteiger partial charge in [-0.1, -0.05) is 11.6 Å². The monoisotopic (exact) mass is 321 g/mol. The Bertz CT molecular complexity index is 635. The molecule has 1 heterocycles. The molecule has 0 spiro atoms. The minimum Gasteiger partial charge on any atom is -0.339 e. The van der Waals surface area contributed by atoms with E-state index in [-0.39, 0.29) is 0 Å². The highest BCUT2D eigenvalue weighted by molar-refractivity contribution is 9.10. The lowest BCUT2D eigenvalue weighted by Gasteiger charge is -2.09. The number of benzene rings is 1. The molecule has 1 aromatic heterocycles. The van der Waals surface area contributed by atoms with Crippen molar-refractivity contribution in [2.45, 2.75) is 6.92 Å². The quantitative estimate of drug-likeness (QED) is 0.890. The smallest absolute Gasteiger partial charge is 0.131 e. The summed E-state index contributed by atoms with van der Waals surface area (Å²) in [5, 5.41) is 12.7. The molecular weight excluding hydrogens is 314 g/mol. The molecule has 0 saturated carbocycles. The number of rotatable bonds is 2. The van der Waals surface area contributed by atoms with Gasteiger partial charge in [-0.15, -0.1) is 0 Å². The van der Waals surface area contributed by atoms with Crippen molar-refractivity contribution >= 4 is 39.0 Å². The number of nitrogens with zero attached hydrogens (tertiary/aromatic N) is 2. The molecule has 18 heavy (non-hydrogen) atoms. The minimum atomic E-state index is 0.572. The normalized spacial score (nSPS) is 9.89. The van der Waals surface area contributed by atoms with Crippen molar-refractivity contribution in [1.82, 2.24) is 4.98 Å². The average Bonchev–Trinajstić information content (AvgIpc) is 2.33. The van der Waals surface area contributed by atoms with Crippen LogP contribution in [0.25, 0.3) is 0 Å². The van der Waals surface area contributed by atoms with Gasteiger partial charge in [0, 0.05) is 15.2 Å². The van der Waals surface area contributed by atoms with Gasteiger partial charge in [-0.3, -0.25) is 0 Å². The molecule has 0 aliphatic carbocycles. The van der Waals surface area contributed by atoms with Crippen LogP contribution in [0.15, 0.2) is 34.8 Å². The summed E-state index contributed by atoms with van der Waals surface area (Å²) in [6, 6.07) is 11.0. The maximum atomic E-state index is 8.92. The molecule has 0 fully saturated rings. The lowest BCUT2D eigenvalue weighted by Crippen LogP contribution is -1.97. The Hall–Kier alpha value is -1.57. The molecule has 0 aliphatic rings. The fourth-order valence-electron chi connectivity index (χ4n) is 1.53. The van der Waals surface area contributed by atoms with Gasteiger partial charge in [0.1, 0.15) is 5.82 Å². The van der Waals surface area contributed by atoms with Crippen molar-refractivity contribution in [3.8, 4) is 6.07 Å². The van der Waals surface area contributed by atoms with E-state index in [4.69, 9.17) is 16.9 Å². The maximum absolute atomic E-state index is 8.92. The third kappa shape index (κ3) is 3.00. The number of hydrogen-bond donors (Lipinski definition) is 1. The van der Waals surface area contributed by atoms with E-state index in [9.17, 15) is 0 Å². The molecule has 2 rings (SSSR count). The van der Waals surface area contributed by atoms with Crippen LogP contribution in [0.4, 0.5) is 11.5 Å². The first-order chi connectivity index (χ1) is 8.58. The summed E-state index contributed by atoms with van der Waals surface area (Å²) in [6.07, 6.45) is 0. The van der Waals surface area contributed by atoms with Crippen molar-refractivity contribution < 1.29 is 0 Å². The van der Waals surface area contributed by atoms with Gasteiger partial charge >= 0.3 is 0 Å². The van der Waals surface area contributed by atoms with Gasteiger partial charge in [0.25, 0.3) is 0 Å². The largest absolute Gasteiger partial charge is 0.339 e. The number of nitriles is 1. The molecule has 0 radical (unpaired) electrons. The molecule has 90 valence electrons. The standard InChI is InChI=1S/C13H9BrClN3/c1-8-4-9(7-16)5-13(17-8)18-12-6-10(15)2-3-11(12)14/h2-6H,1H3,(H,17,18). The predicted octanol–water partition coefficient (Wildman–Crippen LogP) is 4.42. The van der Waals surface area contributed by atoms with E-state index in [1.165, 1.54) is 0 Å². The number of pyridine rings is 1. The van der Waals surface area contributed by atoms with Crippen molar-refractivity contribution in [3.63, 3.8) is 0 Å². The van der Waals surface area contributed by atoms with E-state index in [1.54, 1.807) is 24.3 Å². The molecule has 3 nitrogen and oxygen atoms in total. The highest BCUT2D eigenvalue weighted by atomic mass is 79.9. The highest BCUT2D eigenvalue weighted by Gasteiger charge is 2.04. The van der Waals surface area contributed by atoms with Crippen LogP contribution in [0.1, 0.15) is 11.3 Å². The Labute approximate surface area is 119 Å². The number of halogens is 2. The molecule has 0 saturated heterocycles. The second-order valence-electron chi connectivity index (χ2n) is 3.74. The number of anilines is 2. The van der Waals surface area contributed by atoms with Crippen LogP contribution >= 0.6 is 27.5 Å². The number of aromatic nitrogens is 1. The van der Waals surface area contributed by atoms with Crippen molar-refractivity contribution in [1.29, 1.82) is 5.26 Å². The maximum Gasteiger partial charge on any atom is 0.131 e. The van der Waals surface area contributed by atoms with Gasteiger partial charge < -0.3 is 5.32 Å². The van der Waals surface area contributed by atoms with Gasteiger partial charge in [0.15, 0.2) is 0 Å². The Morgan fingerprint density at radius 3 is 2.83 bits per heavy atom. The van der Waals surface area contributed by atoms with Crippen LogP contribution in [-0.2, 0) is 0 Å². The fraction of sp³-hybridized carbons (Fsp3) is 0.0769. The molecule has 0 atom stereocenters. The predicted molar refractivity (Wildman–Crippen MR) is 76.1 cm³/mol. The third-order valence-corrected chi connectivity index (χ3v) is 3.20. The molecule has 0 aliphatic heterocycles. The Morgan fingerprint density at radius 1 is 1.33 bits per heavy atom. The van der Waals surface area contributed by atoms with E-state index >= 15 is 0 Å². The molecule has 5 heteroatoms. The van der Waals surface area contributed by atoms with Gasteiger partial charge in [-0.2, -0.15) is 5.26 Å². The van der Waals surface area contributed by atoms with E-state index in [2.05, 4.69) is 32.3 Å². The lowest BCUT2D eigenvalue weighted by molar-refractivity contribution is 1.19. The first-order valence-electron chi connectivity index (χ1n) is 5.19. The molecule has 1 aromatic carbocycles. The van der Waals surface area contributed by atoms with Crippen LogP contribution < -0.4 is 5.32 Å². The summed E-state index contributed by atoms with van der Waals surface area (Å²) < 4.78 is 0.883. The van der Waals surface area contributed by atoms with Gasteiger partial charge in [-0.25, -0.2) is 4.98 Å². The van der Waals surface area contributed by atoms with E-state index < -0.39 is 0 Å². The van der Waals surface area contributed by atoms with Crippen molar-refractivity contribution in [3.05, 3.63) is 51.1 Å². The zero-order chi connectivity index (χ0) is 13.1. The summed E-state index contributed by atoms with van der Waals surface area (Å²) >= 11 is 9.37. The first kappa shape index (κ1) is 12.9. The number of hydrogen-bond acceptors (Lipinski definition) is 3. The number of aryl methyl sites for hydroxylation is 1. The molecule has 1 N–H and O–H groups in total. The van der Waals surface area contributed by atoms with E-state index in [0.717, 1.165) is 15.9 Å². The Kier molecular flexibility index (Phi) is 3.85. The fourth-order valence-corrected chi connectivity index (χ4v) is 2.05. The summed E-state index contributed by atoms with van der Waals surface area (Å²) in [5.41, 5.74) is 2.17. The topological polar surface area (TPSA) is 48.7 Å². The zero-order valence-electron chi connectivity index (χ0n) is 9.54.